The van der Waals surface area contributed by atoms with E-state index in [-0.39, 0.29) is 38.8 Å². The number of esters is 4. The lowest BCUT2D eigenvalue weighted by molar-refractivity contribution is -0.353. The second-order valence-electron chi connectivity index (χ2n) is 15.7. The minimum atomic E-state index is -2.26. The van der Waals surface area contributed by atoms with E-state index in [0.717, 1.165) is 27.7 Å². The van der Waals surface area contributed by atoms with Crippen LogP contribution in [-0.2, 0) is 57.1 Å². The number of aliphatic hydroxyl groups excluding tert-OH is 4. The van der Waals surface area contributed by atoms with Gasteiger partial charge >= 0.3 is 36.1 Å². The maximum Gasteiger partial charge on any atom is 0.407 e. The van der Waals surface area contributed by atoms with Gasteiger partial charge in [-0.15, -0.1) is 0 Å². The summed E-state index contributed by atoms with van der Waals surface area (Å²) in [6, 6.07) is 0. The van der Waals surface area contributed by atoms with Gasteiger partial charge in [-0.2, -0.15) is 0 Å². The van der Waals surface area contributed by atoms with E-state index in [9.17, 15) is 54.3 Å². The topological polar surface area (TPSA) is 322 Å². The highest BCUT2D eigenvalue weighted by atomic mass is 16.7. The van der Waals surface area contributed by atoms with Crippen molar-refractivity contribution >= 4 is 36.1 Å². The van der Waals surface area contributed by atoms with Gasteiger partial charge in [0.15, 0.2) is 24.1 Å². The quantitative estimate of drug-likeness (QED) is 0.0602. The van der Waals surface area contributed by atoms with Gasteiger partial charge in [0, 0.05) is 53.6 Å². The Kier molecular flexibility index (Phi) is 20.2. The van der Waals surface area contributed by atoms with Crippen LogP contribution in [0.5, 0.6) is 0 Å². The molecule has 0 bridgehead atoms. The summed E-state index contributed by atoms with van der Waals surface area (Å²) >= 11 is 0. The molecule has 58 heavy (non-hydrogen) atoms. The van der Waals surface area contributed by atoms with E-state index in [1.54, 1.807) is 41.5 Å². The van der Waals surface area contributed by atoms with Crippen molar-refractivity contribution in [3.05, 3.63) is 0 Å². The van der Waals surface area contributed by atoms with Gasteiger partial charge in [-0.25, -0.2) is 9.59 Å². The Labute approximate surface area is 336 Å². The van der Waals surface area contributed by atoms with E-state index in [0.29, 0.717) is 0 Å². The van der Waals surface area contributed by atoms with Crippen LogP contribution in [0.2, 0.25) is 0 Å². The first-order valence-electron chi connectivity index (χ1n) is 18.6. The highest BCUT2D eigenvalue weighted by molar-refractivity contribution is 5.69. The third kappa shape index (κ3) is 17.9. The summed E-state index contributed by atoms with van der Waals surface area (Å²) < 4.78 is 41.8. The summed E-state index contributed by atoms with van der Waals surface area (Å²) in [6.45, 7) is 13.8. The van der Waals surface area contributed by atoms with Gasteiger partial charge in [0.25, 0.3) is 0 Å². The molecular formula is C36H62N2O20. The molecule has 10 atom stereocenters. The molecule has 2 aliphatic heterocycles. The van der Waals surface area contributed by atoms with Crippen LogP contribution in [0, 0.1) is 0 Å². The number of alkyl carbamates (subject to hydrolysis) is 2. The number of amides is 2. The predicted octanol–water partition coefficient (Wildman–Crippen LogP) is -0.809. The molecule has 0 radical (unpaired) electrons. The van der Waals surface area contributed by atoms with Crippen molar-refractivity contribution in [3.63, 3.8) is 0 Å². The molecule has 22 nitrogen and oxygen atoms in total. The normalized spacial score (nSPS) is 29.7. The lowest BCUT2D eigenvalue weighted by atomic mass is 9.89. The maximum atomic E-state index is 11.9. The van der Waals surface area contributed by atoms with E-state index in [4.69, 9.17) is 43.0 Å². The van der Waals surface area contributed by atoms with Crippen molar-refractivity contribution in [3.8, 4) is 0 Å². The Morgan fingerprint density at radius 3 is 1.47 bits per heavy atom. The van der Waals surface area contributed by atoms with Crippen LogP contribution >= 0.6 is 0 Å². The molecule has 8 N–H and O–H groups in total. The molecule has 336 valence electrons. The van der Waals surface area contributed by atoms with E-state index >= 15 is 0 Å². The monoisotopic (exact) mass is 842 g/mol. The smallest absolute Gasteiger partial charge is 0.407 e. The van der Waals surface area contributed by atoms with Crippen molar-refractivity contribution in [2.45, 2.75) is 167 Å². The van der Waals surface area contributed by atoms with E-state index < -0.39 is 121 Å². The molecular weight excluding hydrogens is 780 g/mol. The lowest BCUT2D eigenvalue weighted by Crippen LogP contribution is -2.68. The van der Waals surface area contributed by atoms with Crippen LogP contribution in [-0.4, -0.2) is 165 Å². The molecule has 22 heteroatoms. The molecule has 2 heterocycles. The van der Waals surface area contributed by atoms with Crippen LogP contribution in [0.3, 0.4) is 0 Å². The number of carbonyl (C=O) groups excluding carboxylic acids is 6. The fourth-order valence-electron chi connectivity index (χ4n) is 5.68. The Morgan fingerprint density at radius 2 is 1.05 bits per heavy atom. The molecule has 2 saturated heterocycles. The van der Waals surface area contributed by atoms with Crippen LogP contribution in [0.1, 0.15) is 94.9 Å². The molecule has 2 amide bonds. The average molecular weight is 843 g/mol. The maximum absolute atomic E-state index is 11.9. The average Bonchev–Trinajstić information content (AvgIpc) is 3.06. The fourth-order valence-corrected chi connectivity index (χ4v) is 5.68. The molecule has 0 unspecified atom stereocenters. The predicted molar refractivity (Wildman–Crippen MR) is 195 cm³/mol. The number of ether oxygens (including phenoxy) is 8. The zero-order chi connectivity index (χ0) is 44.8. The zero-order valence-electron chi connectivity index (χ0n) is 34.7. The first-order chi connectivity index (χ1) is 26.5. The van der Waals surface area contributed by atoms with Crippen LogP contribution in [0.25, 0.3) is 0 Å². The second-order valence-corrected chi connectivity index (χ2v) is 15.7. The highest BCUT2D eigenvalue weighted by Crippen LogP contribution is 2.37. The Hall–Kier alpha value is -3.90. The summed E-state index contributed by atoms with van der Waals surface area (Å²) in [5.41, 5.74) is -1.33. The van der Waals surface area contributed by atoms with Gasteiger partial charge in [0.1, 0.15) is 48.3 Å². The van der Waals surface area contributed by atoms with Crippen molar-refractivity contribution < 1.29 is 97.3 Å². The van der Waals surface area contributed by atoms with Crippen molar-refractivity contribution in [1.29, 1.82) is 0 Å². The molecule has 2 aliphatic rings. The Bertz CT molecular complexity index is 1380. The van der Waals surface area contributed by atoms with Crippen LogP contribution in [0.15, 0.2) is 0 Å². The third-order valence-electron chi connectivity index (χ3n) is 7.95. The van der Waals surface area contributed by atoms with Crippen molar-refractivity contribution in [2.75, 3.05) is 26.3 Å². The SMILES string of the molecule is CC(=O)OC[C@H]1O[C@@](O)(CCCNC(=O)OC(C)(C)C)[C@H](OC(C)=O)[C@@H](OC(C)=O)[C@H]1OC(C)=O.CC(C)(C)OC(=O)NCCC[C@]1(O)O[C@H](CO)[C@H](O)[C@H](O)[C@H]1O. The van der Waals surface area contributed by atoms with Crippen molar-refractivity contribution in [2.24, 2.45) is 0 Å². The molecule has 0 aliphatic carbocycles. The number of nitrogens with one attached hydrogen (secondary N) is 2. The molecule has 0 aromatic heterocycles. The third-order valence-corrected chi connectivity index (χ3v) is 7.95. The first-order valence-corrected chi connectivity index (χ1v) is 18.6. The molecule has 0 aromatic rings. The Morgan fingerprint density at radius 1 is 0.621 bits per heavy atom. The molecule has 2 fully saturated rings. The second kappa shape index (κ2) is 22.5. The fraction of sp³-hybridized carbons (Fsp3) is 0.833. The standard InChI is InChI=1S/C22H35NO12.C14H27NO8/c1-12(24)30-11-16-17(31-13(2)25)18(32-14(3)26)19(33-15(4)27)22(29,34-16)9-8-10-23-20(28)35-21(5,6)7;1-13(2,3)23-12(20)15-6-4-5-14(21)11(19)10(18)9(17)8(7-16)22-14/h16-19,29H,8-11H2,1-7H3,(H,23,28);8-11,16-19,21H,4-7H2,1-3H3,(H,15,20)/t16-,17+,18+,19-,22+;8-,9+,10+,11-,14+/m11/s1. The minimum Gasteiger partial charge on any atom is -0.463 e. The number of hydrogen-bond donors (Lipinski definition) is 8. The van der Waals surface area contributed by atoms with Gasteiger partial charge in [-0.1, -0.05) is 0 Å². The zero-order valence-corrected chi connectivity index (χ0v) is 34.7. The summed E-state index contributed by atoms with van der Waals surface area (Å²) in [7, 11) is 0. The largest absolute Gasteiger partial charge is 0.463 e. The lowest BCUT2D eigenvalue weighted by Gasteiger charge is -2.48. The first kappa shape index (κ1) is 52.1. The van der Waals surface area contributed by atoms with Crippen molar-refractivity contribution in [1.82, 2.24) is 10.6 Å². The number of carbonyl (C=O) groups is 6. The van der Waals surface area contributed by atoms with E-state index in [1.807, 2.05) is 0 Å². The molecule has 0 spiro atoms. The summed E-state index contributed by atoms with van der Waals surface area (Å²) in [5, 5.41) is 65.0. The van der Waals surface area contributed by atoms with Gasteiger partial charge in [0.2, 0.25) is 5.79 Å². The van der Waals surface area contributed by atoms with Crippen LogP contribution in [0.4, 0.5) is 9.59 Å². The minimum absolute atomic E-state index is 0.0492. The number of rotatable bonds is 14. The Balaban J connectivity index is 0.000000632. The number of aliphatic hydroxyl groups is 6. The van der Waals surface area contributed by atoms with Crippen LogP contribution < -0.4 is 10.6 Å². The molecule has 0 aromatic carbocycles. The van der Waals surface area contributed by atoms with Gasteiger partial charge in [-0.05, 0) is 54.4 Å². The summed E-state index contributed by atoms with van der Waals surface area (Å²) in [5.74, 6) is -7.49. The van der Waals surface area contributed by atoms with Gasteiger partial charge < -0.3 is 79.2 Å². The number of hydrogen-bond acceptors (Lipinski definition) is 20. The summed E-state index contributed by atoms with van der Waals surface area (Å²) in [6.07, 6.45) is -13.1. The molecule has 2 rings (SSSR count). The van der Waals surface area contributed by atoms with E-state index in [1.165, 1.54) is 0 Å². The van der Waals surface area contributed by atoms with E-state index in [2.05, 4.69) is 10.6 Å². The highest BCUT2D eigenvalue weighted by Gasteiger charge is 2.59. The summed E-state index contributed by atoms with van der Waals surface area (Å²) in [4.78, 5) is 70.1. The van der Waals surface area contributed by atoms with Gasteiger partial charge in [-0.3, -0.25) is 19.2 Å². The molecule has 0 saturated carbocycles. The van der Waals surface area contributed by atoms with Gasteiger partial charge in [0.05, 0.1) is 6.61 Å².